The molecule has 0 aliphatic carbocycles. The van der Waals surface area contributed by atoms with Crippen LogP contribution >= 0.6 is 0 Å². The third-order valence-electron chi connectivity index (χ3n) is 4.93. The van der Waals surface area contributed by atoms with Crippen molar-refractivity contribution in [2.45, 2.75) is 6.54 Å². The first-order valence-electron chi connectivity index (χ1n) is 9.76. The number of hydrogen-bond acceptors (Lipinski definition) is 5. The molecule has 0 fully saturated rings. The second-order valence-corrected chi connectivity index (χ2v) is 7.01. The lowest BCUT2D eigenvalue weighted by Crippen LogP contribution is -2.22. The molecule has 0 bridgehead atoms. The standard InChI is InChI=1S/C24H21N5O2/c1-26-24(31)21-22(25)27-14-20(29-21)18-8-4-5-15(11-18)13-28-23(30)19-10-9-16-6-2-3-7-17(16)12-19/h2-12,14H,13H2,1H3,(H2,25,27)(H,26,31)(H,28,30). The molecule has 7 nitrogen and oxygen atoms in total. The predicted molar refractivity (Wildman–Crippen MR) is 120 cm³/mol. The van der Waals surface area contributed by atoms with E-state index in [1.165, 1.54) is 13.2 Å². The van der Waals surface area contributed by atoms with Gasteiger partial charge in [-0.2, -0.15) is 0 Å². The molecule has 31 heavy (non-hydrogen) atoms. The van der Waals surface area contributed by atoms with E-state index in [1.807, 2.05) is 66.7 Å². The first-order valence-corrected chi connectivity index (χ1v) is 9.76. The van der Waals surface area contributed by atoms with Crippen LogP contribution in [0.3, 0.4) is 0 Å². The average Bonchev–Trinajstić information content (AvgIpc) is 2.82. The predicted octanol–water partition coefficient (Wildman–Crippen LogP) is 3.17. The van der Waals surface area contributed by atoms with E-state index in [0.717, 1.165) is 21.9 Å². The Balaban J connectivity index is 1.51. The van der Waals surface area contributed by atoms with Crippen LogP contribution in [0, 0.1) is 0 Å². The van der Waals surface area contributed by atoms with Crippen LogP contribution in [0.1, 0.15) is 26.4 Å². The number of amides is 2. The highest BCUT2D eigenvalue weighted by molar-refractivity contribution is 5.98. The van der Waals surface area contributed by atoms with Gasteiger partial charge in [-0.1, -0.05) is 48.5 Å². The number of nitrogen functional groups attached to an aromatic ring is 1. The minimum absolute atomic E-state index is 0.0712. The molecule has 0 saturated heterocycles. The van der Waals surface area contributed by atoms with Gasteiger partial charge in [0.2, 0.25) is 0 Å². The fraction of sp³-hybridized carbons (Fsp3) is 0.0833. The van der Waals surface area contributed by atoms with Crippen LogP contribution in [0.2, 0.25) is 0 Å². The van der Waals surface area contributed by atoms with Crippen LogP contribution in [0.5, 0.6) is 0 Å². The van der Waals surface area contributed by atoms with E-state index < -0.39 is 5.91 Å². The summed E-state index contributed by atoms with van der Waals surface area (Å²) in [5.41, 5.74) is 8.64. The maximum atomic E-state index is 12.6. The molecule has 0 atom stereocenters. The van der Waals surface area contributed by atoms with Gasteiger partial charge in [-0.3, -0.25) is 9.59 Å². The molecule has 0 aliphatic heterocycles. The number of fused-ring (bicyclic) bond motifs is 1. The summed E-state index contributed by atoms with van der Waals surface area (Å²) in [5, 5.41) is 7.56. The van der Waals surface area contributed by atoms with Crippen LogP contribution in [-0.2, 0) is 6.54 Å². The molecule has 1 aromatic heterocycles. The maximum Gasteiger partial charge on any atom is 0.273 e. The highest BCUT2D eigenvalue weighted by Crippen LogP contribution is 2.20. The molecule has 7 heteroatoms. The summed E-state index contributed by atoms with van der Waals surface area (Å²) in [4.78, 5) is 33.0. The number of carbonyl (C=O) groups is 2. The van der Waals surface area contributed by atoms with Crippen molar-refractivity contribution < 1.29 is 9.59 Å². The summed E-state index contributed by atoms with van der Waals surface area (Å²) in [7, 11) is 1.51. The number of nitrogens with zero attached hydrogens (tertiary/aromatic N) is 2. The third-order valence-corrected chi connectivity index (χ3v) is 4.93. The van der Waals surface area contributed by atoms with Crippen LogP contribution in [0.15, 0.2) is 72.9 Å². The van der Waals surface area contributed by atoms with E-state index in [0.29, 0.717) is 17.8 Å². The summed E-state index contributed by atoms with van der Waals surface area (Å²) in [6.45, 7) is 0.351. The molecule has 1 heterocycles. The van der Waals surface area contributed by atoms with Crippen LogP contribution in [0.4, 0.5) is 5.82 Å². The quantitative estimate of drug-likeness (QED) is 0.467. The maximum absolute atomic E-state index is 12.6. The molecule has 4 rings (SSSR count). The molecule has 4 aromatic rings. The summed E-state index contributed by atoms with van der Waals surface area (Å²) >= 11 is 0. The van der Waals surface area contributed by atoms with Crippen LogP contribution in [-0.4, -0.2) is 28.8 Å². The van der Waals surface area contributed by atoms with Crippen molar-refractivity contribution in [3.8, 4) is 11.3 Å². The first kappa shape index (κ1) is 20.0. The van der Waals surface area contributed by atoms with E-state index in [-0.39, 0.29) is 17.4 Å². The third kappa shape index (κ3) is 4.35. The number of nitrogens with two attached hydrogens (primary N) is 1. The number of carbonyl (C=O) groups excluding carboxylic acids is 2. The summed E-state index contributed by atoms with van der Waals surface area (Å²) in [5.74, 6) is -0.474. The van der Waals surface area contributed by atoms with Gasteiger partial charge >= 0.3 is 0 Å². The Morgan fingerprint density at radius 1 is 0.935 bits per heavy atom. The second-order valence-electron chi connectivity index (χ2n) is 7.01. The molecule has 4 N–H and O–H groups in total. The Morgan fingerprint density at radius 3 is 2.55 bits per heavy atom. The summed E-state index contributed by atoms with van der Waals surface area (Å²) in [6, 6.07) is 21.1. The number of nitrogens with one attached hydrogen (secondary N) is 2. The summed E-state index contributed by atoms with van der Waals surface area (Å²) in [6.07, 6.45) is 1.52. The van der Waals surface area contributed by atoms with Crippen molar-refractivity contribution in [3.63, 3.8) is 0 Å². The monoisotopic (exact) mass is 411 g/mol. The molecule has 0 aliphatic rings. The SMILES string of the molecule is CNC(=O)c1nc(-c2cccc(CNC(=O)c3ccc4ccccc4c3)c2)cnc1N. The molecular weight excluding hydrogens is 390 g/mol. The van der Waals surface area contributed by atoms with Gasteiger partial charge in [-0.15, -0.1) is 0 Å². The molecule has 3 aromatic carbocycles. The second kappa shape index (κ2) is 8.62. The fourth-order valence-corrected chi connectivity index (χ4v) is 3.28. The highest BCUT2D eigenvalue weighted by atomic mass is 16.2. The van der Waals surface area contributed by atoms with Gasteiger partial charge in [-0.05, 0) is 34.5 Å². The van der Waals surface area contributed by atoms with E-state index in [9.17, 15) is 9.59 Å². The van der Waals surface area contributed by atoms with Gasteiger partial charge in [-0.25, -0.2) is 9.97 Å². The first-order chi connectivity index (χ1) is 15.0. The number of aromatic nitrogens is 2. The molecule has 154 valence electrons. The van der Waals surface area contributed by atoms with E-state index in [4.69, 9.17) is 5.73 Å². The zero-order chi connectivity index (χ0) is 21.8. The van der Waals surface area contributed by atoms with Crippen molar-refractivity contribution in [2.75, 3.05) is 12.8 Å². The van der Waals surface area contributed by atoms with Crippen LogP contribution < -0.4 is 16.4 Å². The molecule has 0 unspecified atom stereocenters. The minimum atomic E-state index is -0.398. The number of hydrogen-bond donors (Lipinski definition) is 3. The zero-order valence-electron chi connectivity index (χ0n) is 16.9. The van der Waals surface area contributed by atoms with Crippen LogP contribution in [0.25, 0.3) is 22.0 Å². The Morgan fingerprint density at radius 2 is 1.74 bits per heavy atom. The van der Waals surface area contributed by atoms with Gasteiger partial charge in [0.05, 0.1) is 11.9 Å². The molecule has 0 radical (unpaired) electrons. The number of benzene rings is 3. The average molecular weight is 411 g/mol. The van der Waals surface area contributed by atoms with Crippen molar-refractivity contribution in [1.82, 2.24) is 20.6 Å². The van der Waals surface area contributed by atoms with Gasteiger partial charge in [0.1, 0.15) is 0 Å². The molecule has 0 saturated carbocycles. The van der Waals surface area contributed by atoms with E-state index in [2.05, 4.69) is 20.6 Å². The van der Waals surface area contributed by atoms with Gasteiger partial charge in [0, 0.05) is 24.7 Å². The van der Waals surface area contributed by atoms with Gasteiger partial charge in [0.15, 0.2) is 11.5 Å². The Bertz CT molecular complexity index is 1290. The largest absolute Gasteiger partial charge is 0.382 e. The van der Waals surface area contributed by atoms with Gasteiger partial charge < -0.3 is 16.4 Å². The fourth-order valence-electron chi connectivity index (χ4n) is 3.28. The lowest BCUT2D eigenvalue weighted by molar-refractivity contribution is 0.0946. The Labute approximate surface area is 179 Å². The molecule has 0 spiro atoms. The normalized spacial score (nSPS) is 10.6. The number of rotatable bonds is 5. The van der Waals surface area contributed by atoms with Crippen molar-refractivity contribution in [2.24, 2.45) is 0 Å². The Kier molecular flexibility index (Phi) is 5.57. The summed E-state index contributed by atoms with van der Waals surface area (Å²) < 4.78 is 0. The lowest BCUT2D eigenvalue weighted by Gasteiger charge is -2.09. The van der Waals surface area contributed by atoms with Crippen molar-refractivity contribution in [1.29, 1.82) is 0 Å². The van der Waals surface area contributed by atoms with Crippen molar-refractivity contribution in [3.05, 3.63) is 89.7 Å². The van der Waals surface area contributed by atoms with E-state index in [1.54, 1.807) is 0 Å². The number of anilines is 1. The smallest absolute Gasteiger partial charge is 0.273 e. The van der Waals surface area contributed by atoms with E-state index >= 15 is 0 Å². The molecular formula is C24H21N5O2. The zero-order valence-corrected chi connectivity index (χ0v) is 16.9. The topological polar surface area (TPSA) is 110 Å². The lowest BCUT2D eigenvalue weighted by atomic mass is 10.1. The minimum Gasteiger partial charge on any atom is -0.382 e. The highest BCUT2D eigenvalue weighted by Gasteiger charge is 2.13. The van der Waals surface area contributed by atoms with Crippen molar-refractivity contribution >= 4 is 28.4 Å². The van der Waals surface area contributed by atoms with Gasteiger partial charge in [0.25, 0.3) is 11.8 Å². The Hall–Kier alpha value is -4.26. The molecule has 2 amide bonds.